The molecular weight excluding hydrogens is 596 g/mol. The van der Waals surface area contributed by atoms with E-state index in [4.69, 9.17) is 18.9 Å². The second-order valence-corrected chi connectivity index (χ2v) is 12.8. The van der Waals surface area contributed by atoms with Crippen molar-refractivity contribution < 1.29 is 52.4 Å². The van der Waals surface area contributed by atoms with Gasteiger partial charge in [-0.2, -0.15) is 0 Å². The van der Waals surface area contributed by atoms with Gasteiger partial charge in [-0.3, -0.25) is 0 Å². The van der Waals surface area contributed by atoms with Crippen molar-refractivity contribution in [1.29, 1.82) is 0 Å². The van der Waals surface area contributed by atoms with Crippen LogP contribution in [0.1, 0.15) is 21.2 Å². The summed E-state index contributed by atoms with van der Waals surface area (Å²) in [7, 11) is 5.82. The molecule has 0 saturated heterocycles. The van der Waals surface area contributed by atoms with Crippen molar-refractivity contribution in [2.75, 3.05) is 28.4 Å². The van der Waals surface area contributed by atoms with Gasteiger partial charge < -0.3 is 29.2 Å². The molecule has 6 rings (SSSR count). The van der Waals surface area contributed by atoms with Gasteiger partial charge in [0, 0.05) is 0 Å². The molecule has 0 atom stereocenters. The van der Waals surface area contributed by atoms with Crippen LogP contribution in [0, 0.1) is 0 Å². The Morgan fingerprint density at radius 3 is 1.37 bits per heavy atom. The minimum Gasteiger partial charge on any atom is -0.867 e. The van der Waals surface area contributed by atoms with E-state index in [2.05, 4.69) is 66.8 Å². The van der Waals surface area contributed by atoms with Gasteiger partial charge in [-0.15, -0.1) is 0 Å². The van der Waals surface area contributed by atoms with Crippen LogP contribution in [-0.4, -0.2) is 28.4 Å². The molecule has 0 bridgehead atoms. The molecule has 0 aliphatic heterocycles. The van der Waals surface area contributed by atoms with Crippen molar-refractivity contribution in [3.63, 3.8) is 0 Å². The van der Waals surface area contributed by atoms with E-state index >= 15 is 0 Å². The second-order valence-electron chi connectivity index (χ2n) is 9.06. The minimum absolute atomic E-state index is 0.211. The Morgan fingerprint density at radius 1 is 0.585 bits per heavy atom. The van der Waals surface area contributed by atoms with Gasteiger partial charge in [0.2, 0.25) is 0 Å². The third kappa shape index (κ3) is 7.04. The summed E-state index contributed by atoms with van der Waals surface area (Å²) in [5.41, 5.74) is 6.08. The maximum Gasteiger partial charge on any atom is 0.114 e. The van der Waals surface area contributed by atoms with Crippen LogP contribution < -0.4 is 29.2 Å². The van der Waals surface area contributed by atoms with Gasteiger partial charge in [0.25, 0.3) is 0 Å². The summed E-state index contributed by atoms with van der Waals surface area (Å²) in [4.78, 5) is 0. The number of hydrogen-bond donors (Lipinski definition) is 0. The zero-order chi connectivity index (χ0) is 29.2. The summed E-state index contributed by atoms with van der Waals surface area (Å²) in [6.07, 6.45) is 8.08. The first-order chi connectivity index (χ1) is 20.0. The number of rotatable bonds is 6. The van der Waals surface area contributed by atoms with Crippen molar-refractivity contribution in [2.45, 2.75) is 10.0 Å². The molecular formula is C34H32O6Zr. The number of hydrogen-bond acceptors (Lipinski definition) is 6. The standard InChI is InChI=1S/C13H9.2C8H10O3.C5H5.Zr/c1-3-7-12-10(5-1)9-11-6-2-4-8-13(11)12;2*1-10-6-4-3-5-7(11-2)8(6)9;1-2-4-5-3-1;/h1-9H;2*3-5,9H,1-2H3;1-3H,4H2;/q;;;;+2/p-2. The quantitative estimate of drug-likeness (QED) is 0.252. The van der Waals surface area contributed by atoms with Crippen molar-refractivity contribution in [3.05, 3.63) is 118 Å². The fourth-order valence-corrected chi connectivity index (χ4v) is 8.65. The van der Waals surface area contributed by atoms with Gasteiger partial charge in [-0.05, 0) is 35.8 Å². The molecule has 0 radical (unpaired) electrons. The van der Waals surface area contributed by atoms with E-state index in [1.54, 1.807) is 50.8 Å². The molecule has 208 valence electrons. The van der Waals surface area contributed by atoms with Crippen LogP contribution in [-0.2, 0) is 23.2 Å². The molecule has 0 fully saturated rings. The second kappa shape index (κ2) is 14.6. The van der Waals surface area contributed by atoms with E-state index in [0.717, 1.165) is 0 Å². The number of benzene rings is 4. The van der Waals surface area contributed by atoms with Crippen molar-refractivity contribution >= 4 is 0 Å². The van der Waals surface area contributed by atoms with E-state index in [-0.39, 0.29) is 11.5 Å². The van der Waals surface area contributed by atoms with E-state index in [1.807, 2.05) is 0 Å². The summed E-state index contributed by atoms with van der Waals surface area (Å²) in [5.74, 6) is 0.817. The van der Waals surface area contributed by atoms with Gasteiger partial charge in [0.1, 0.15) is 23.0 Å². The molecule has 7 heteroatoms. The monoisotopic (exact) mass is 626 g/mol. The van der Waals surface area contributed by atoms with E-state index < -0.39 is 23.2 Å². The smallest absolute Gasteiger partial charge is 0.114 e. The molecule has 41 heavy (non-hydrogen) atoms. The molecule has 0 aromatic heterocycles. The first-order valence-electron chi connectivity index (χ1n) is 13.1. The molecule has 0 spiro atoms. The van der Waals surface area contributed by atoms with Crippen LogP contribution in [0.4, 0.5) is 0 Å². The maximum absolute atomic E-state index is 11.2. The molecule has 0 N–H and O–H groups in total. The normalized spacial score (nSPS) is 12.3. The van der Waals surface area contributed by atoms with Crippen LogP contribution in [0.25, 0.3) is 11.1 Å². The molecule has 0 amide bonds. The van der Waals surface area contributed by atoms with E-state index in [1.165, 1.54) is 46.0 Å². The van der Waals surface area contributed by atoms with Gasteiger partial charge in [-0.1, -0.05) is 12.1 Å². The number of methoxy groups -OCH3 is 4. The summed E-state index contributed by atoms with van der Waals surface area (Å²) >= 11 is -0.570. The number of para-hydroxylation sites is 2. The Labute approximate surface area is 253 Å². The number of fused-ring (bicyclic) bond motifs is 3. The van der Waals surface area contributed by atoms with Crippen LogP contribution in [0.2, 0.25) is 0 Å². The fraction of sp³-hybridized carbons (Fsp3) is 0.176. The molecule has 0 unspecified atom stereocenters. The minimum atomic E-state index is -0.570. The van der Waals surface area contributed by atoms with Gasteiger partial charge >= 0.3 is 126 Å². The van der Waals surface area contributed by atoms with Crippen LogP contribution in [0.15, 0.2) is 106 Å². The van der Waals surface area contributed by atoms with Crippen LogP contribution in [0.5, 0.6) is 34.5 Å². The topological polar surface area (TPSA) is 83.0 Å². The molecule has 6 nitrogen and oxygen atoms in total. The summed E-state index contributed by atoms with van der Waals surface area (Å²) in [5, 5.41) is 22.4. The van der Waals surface area contributed by atoms with E-state index in [0.29, 0.717) is 26.6 Å². The van der Waals surface area contributed by atoms with Crippen LogP contribution in [0.3, 0.4) is 0 Å². The zero-order valence-electron chi connectivity index (χ0n) is 23.5. The molecule has 4 aromatic carbocycles. The average molecular weight is 628 g/mol. The predicted molar refractivity (Wildman–Crippen MR) is 154 cm³/mol. The molecule has 0 saturated carbocycles. The van der Waals surface area contributed by atoms with Gasteiger partial charge in [0.15, 0.2) is 0 Å². The predicted octanol–water partition coefficient (Wildman–Crippen LogP) is 6.24. The molecule has 2 aliphatic rings. The number of ether oxygens (including phenoxy) is 4. The average Bonchev–Trinajstić information content (AvgIpc) is 3.65. The number of allylic oxidation sites excluding steroid dienone is 4. The van der Waals surface area contributed by atoms with E-state index in [9.17, 15) is 10.2 Å². The Bertz CT molecular complexity index is 1380. The molecule has 2 aliphatic carbocycles. The Kier molecular flexibility index (Phi) is 10.7. The molecule has 4 aromatic rings. The Morgan fingerprint density at radius 2 is 1.00 bits per heavy atom. The Balaban J connectivity index is 0.000000153. The first-order valence-corrected chi connectivity index (χ1v) is 15.7. The van der Waals surface area contributed by atoms with Crippen LogP contribution >= 0.6 is 0 Å². The van der Waals surface area contributed by atoms with Gasteiger partial charge in [-0.25, -0.2) is 0 Å². The third-order valence-corrected chi connectivity index (χ3v) is 10.8. The van der Waals surface area contributed by atoms with Crippen molar-refractivity contribution in [3.8, 4) is 45.6 Å². The summed E-state index contributed by atoms with van der Waals surface area (Å²) < 4.78 is 21.6. The van der Waals surface area contributed by atoms with Gasteiger partial charge in [0.05, 0.1) is 28.4 Å². The van der Waals surface area contributed by atoms with Crippen molar-refractivity contribution in [1.82, 2.24) is 0 Å². The maximum atomic E-state index is 11.2. The fourth-order valence-electron chi connectivity index (χ4n) is 4.69. The molecule has 0 heterocycles. The zero-order valence-corrected chi connectivity index (χ0v) is 26.0. The van der Waals surface area contributed by atoms with Crippen molar-refractivity contribution in [2.24, 2.45) is 0 Å². The third-order valence-electron chi connectivity index (χ3n) is 6.70. The largest absolute Gasteiger partial charge is 0.867 e. The Hall–Kier alpha value is -3.96. The summed E-state index contributed by atoms with van der Waals surface area (Å²) in [6, 6.07) is 27.8. The SMILES string of the molecule is C1=CC[C]([Zr+2][CH]2c3ccccc3-c3ccccc32)=C1.COc1cccc(OC)c1[O-].COc1cccc(OC)c1[O-]. The summed E-state index contributed by atoms with van der Waals surface area (Å²) in [6.45, 7) is 0. The first kappa shape index (κ1) is 30.0.